The fraction of sp³-hybridized carbons (Fsp3) is 0.0769. The summed E-state index contributed by atoms with van der Waals surface area (Å²) in [6, 6.07) is 16.6. The molecule has 1 fully saturated rings. The highest BCUT2D eigenvalue weighted by molar-refractivity contribution is 6.43. The zero-order valence-electron chi connectivity index (χ0n) is 19.3. The smallest absolute Gasteiger partial charge is 0.335 e. The Morgan fingerprint density at radius 2 is 1.73 bits per heavy atom. The third-order valence-electron chi connectivity index (χ3n) is 5.21. The average molecular weight is 540 g/mol. The maximum atomic E-state index is 13.2. The monoisotopic (exact) mass is 539 g/mol. The van der Waals surface area contributed by atoms with Gasteiger partial charge in [0.1, 0.15) is 17.1 Å². The van der Waals surface area contributed by atoms with Crippen molar-refractivity contribution in [2.24, 2.45) is 0 Å². The van der Waals surface area contributed by atoms with Gasteiger partial charge in [0, 0.05) is 11.3 Å². The first-order valence-electron chi connectivity index (χ1n) is 10.8. The first-order valence-corrected chi connectivity index (χ1v) is 11.5. The van der Waals surface area contributed by atoms with Crippen LogP contribution in [0.3, 0.4) is 0 Å². The zero-order valence-corrected chi connectivity index (χ0v) is 20.8. The molecule has 3 aromatic carbocycles. The van der Waals surface area contributed by atoms with Crippen LogP contribution in [0.25, 0.3) is 6.08 Å². The van der Waals surface area contributed by atoms with E-state index < -0.39 is 23.8 Å². The van der Waals surface area contributed by atoms with E-state index in [9.17, 15) is 19.2 Å². The van der Waals surface area contributed by atoms with Crippen molar-refractivity contribution in [3.05, 3.63) is 87.9 Å². The Morgan fingerprint density at radius 1 is 1.00 bits per heavy atom. The third-order valence-corrected chi connectivity index (χ3v) is 5.95. The van der Waals surface area contributed by atoms with E-state index in [1.807, 2.05) is 0 Å². The van der Waals surface area contributed by atoms with E-state index in [2.05, 4.69) is 10.6 Å². The van der Waals surface area contributed by atoms with Gasteiger partial charge in [-0.05, 0) is 54.6 Å². The fourth-order valence-corrected chi connectivity index (χ4v) is 3.71. The third kappa shape index (κ3) is 5.91. The fourth-order valence-electron chi connectivity index (χ4n) is 3.42. The van der Waals surface area contributed by atoms with Crippen molar-refractivity contribution in [3.8, 4) is 11.5 Å². The largest absolute Gasteiger partial charge is 0.497 e. The minimum atomic E-state index is -0.926. The molecule has 0 aromatic heterocycles. The van der Waals surface area contributed by atoms with Crippen LogP contribution in [0.1, 0.15) is 5.56 Å². The molecule has 5 amide bonds. The van der Waals surface area contributed by atoms with E-state index in [-0.39, 0.29) is 33.7 Å². The van der Waals surface area contributed by atoms with Crippen LogP contribution in [0.4, 0.5) is 16.2 Å². The van der Waals surface area contributed by atoms with Crippen LogP contribution >= 0.6 is 23.2 Å². The molecule has 2 N–H and O–H groups in total. The lowest BCUT2D eigenvalue weighted by Gasteiger charge is -2.26. The Labute approximate surface area is 221 Å². The molecule has 9 nitrogen and oxygen atoms in total. The molecule has 1 heterocycles. The van der Waals surface area contributed by atoms with Crippen molar-refractivity contribution in [3.63, 3.8) is 0 Å². The molecule has 1 aliphatic heterocycles. The number of carbonyl (C=O) groups is 4. The number of rotatable bonds is 7. The number of nitrogens with zero attached hydrogens (tertiary/aromatic N) is 1. The first-order chi connectivity index (χ1) is 17.8. The number of halogens is 2. The highest BCUT2D eigenvalue weighted by Gasteiger charge is 2.37. The number of ether oxygens (including phenoxy) is 2. The van der Waals surface area contributed by atoms with E-state index in [0.29, 0.717) is 17.0 Å². The van der Waals surface area contributed by atoms with E-state index in [4.69, 9.17) is 32.7 Å². The molecule has 1 aliphatic rings. The number of anilines is 2. The molecule has 188 valence electrons. The molecule has 0 saturated carbocycles. The van der Waals surface area contributed by atoms with E-state index in [1.54, 1.807) is 55.6 Å². The molecule has 1 saturated heterocycles. The van der Waals surface area contributed by atoms with Crippen molar-refractivity contribution in [2.45, 2.75) is 0 Å². The number of methoxy groups -OCH3 is 1. The number of hydrogen-bond donors (Lipinski definition) is 2. The van der Waals surface area contributed by atoms with Crippen LogP contribution < -0.4 is 25.0 Å². The molecular weight excluding hydrogens is 521 g/mol. The molecule has 3 aromatic rings. The average Bonchev–Trinajstić information content (AvgIpc) is 2.88. The lowest BCUT2D eigenvalue weighted by atomic mass is 10.1. The predicted molar refractivity (Wildman–Crippen MR) is 139 cm³/mol. The van der Waals surface area contributed by atoms with Gasteiger partial charge in [-0.25, -0.2) is 9.69 Å². The number of barbiturate groups is 1. The van der Waals surface area contributed by atoms with Gasteiger partial charge in [0.25, 0.3) is 17.7 Å². The number of benzene rings is 3. The summed E-state index contributed by atoms with van der Waals surface area (Å²) in [6.45, 7) is -0.333. The topological polar surface area (TPSA) is 114 Å². The van der Waals surface area contributed by atoms with Gasteiger partial charge in [-0.3, -0.25) is 19.7 Å². The van der Waals surface area contributed by atoms with Crippen LogP contribution in [-0.4, -0.2) is 37.5 Å². The lowest BCUT2D eigenvalue weighted by molar-refractivity contribution is -0.122. The molecule has 11 heteroatoms. The number of carbonyl (C=O) groups excluding carboxylic acids is 4. The van der Waals surface area contributed by atoms with Crippen LogP contribution in [0.15, 0.2) is 72.3 Å². The summed E-state index contributed by atoms with van der Waals surface area (Å²) in [6.07, 6.45) is 1.28. The molecule has 0 bridgehead atoms. The summed E-state index contributed by atoms with van der Waals surface area (Å²) < 4.78 is 10.7. The van der Waals surface area contributed by atoms with Gasteiger partial charge < -0.3 is 14.8 Å². The van der Waals surface area contributed by atoms with Gasteiger partial charge in [-0.1, -0.05) is 41.4 Å². The highest BCUT2D eigenvalue weighted by Crippen LogP contribution is 2.30. The van der Waals surface area contributed by atoms with Gasteiger partial charge in [0.15, 0.2) is 6.61 Å². The summed E-state index contributed by atoms with van der Waals surface area (Å²) in [5.41, 5.74) is 0.725. The Kier molecular flexibility index (Phi) is 7.76. The van der Waals surface area contributed by atoms with Crippen LogP contribution in [0.2, 0.25) is 10.0 Å². The van der Waals surface area contributed by atoms with Crippen LogP contribution in [0.5, 0.6) is 11.5 Å². The zero-order chi connectivity index (χ0) is 26.5. The van der Waals surface area contributed by atoms with Crippen LogP contribution in [-0.2, 0) is 14.4 Å². The second-order valence-electron chi connectivity index (χ2n) is 7.66. The maximum absolute atomic E-state index is 13.2. The van der Waals surface area contributed by atoms with E-state index in [0.717, 1.165) is 4.90 Å². The Hall–Kier alpha value is -4.34. The predicted octanol–water partition coefficient (Wildman–Crippen LogP) is 4.69. The van der Waals surface area contributed by atoms with Crippen molar-refractivity contribution in [1.82, 2.24) is 5.32 Å². The molecule has 0 atom stereocenters. The summed E-state index contributed by atoms with van der Waals surface area (Å²) in [5, 5.41) is 5.21. The first kappa shape index (κ1) is 25.7. The number of hydrogen-bond acceptors (Lipinski definition) is 6. The van der Waals surface area contributed by atoms with Crippen molar-refractivity contribution in [2.75, 3.05) is 23.9 Å². The minimum absolute atomic E-state index is 0.133. The highest BCUT2D eigenvalue weighted by atomic mass is 35.5. The van der Waals surface area contributed by atoms with Crippen molar-refractivity contribution >= 4 is 64.4 Å². The summed E-state index contributed by atoms with van der Waals surface area (Å²) in [5.74, 6) is -1.26. The number of nitrogens with one attached hydrogen (secondary N) is 2. The lowest BCUT2D eigenvalue weighted by Crippen LogP contribution is -2.54. The van der Waals surface area contributed by atoms with Gasteiger partial charge in [-0.2, -0.15) is 0 Å². The Morgan fingerprint density at radius 3 is 2.43 bits per heavy atom. The van der Waals surface area contributed by atoms with Gasteiger partial charge in [-0.15, -0.1) is 0 Å². The van der Waals surface area contributed by atoms with Gasteiger partial charge >= 0.3 is 6.03 Å². The standard InChI is InChI=1S/C26H19Cl2N3O6/c1-36-18-9-6-16(7-10-18)29-23(32)14-37-22-5-3-2-4-15(22)12-19-24(33)30-26(35)31(25(19)34)17-8-11-20(27)21(28)13-17/h2-13H,14H2,1H3,(H,29,32)(H,30,33,35)/b19-12-. The molecule has 0 aliphatic carbocycles. The summed E-state index contributed by atoms with van der Waals surface area (Å²) in [7, 11) is 1.54. The van der Waals surface area contributed by atoms with E-state index in [1.165, 1.54) is 24.3 Å². The molecule has 0 spiro atoms. The molecule has 4 rings (SSSR count). The normalized spacial score (nSPS) is 14.4. The summed E-state index contributed by atoms with van der Waals surface area (Å²) in [4.78, 5) is 51.3. The number of imide groups is 2. The molecule has 37 heavy (non-hydrogen) atoms. The Balaban J connectivity index is 1.53. The molecule has 0 unspecified atom stereocenters. The molecular formula is C26H19Cl2N3O6. The summed E-state index contributed by atoms with van der Waals surface area (Å²) >= 11 is 12.0. The van der Waals surface area contributed by atoms with Crippen molar-refractivity contribution < 1.29 is 28.7 Å². The van der Waals surface area contributed by atoms with Gasteiger partial charge in [0.2, 0.25) is 0 Å². The number of urea groups is 1. The Bertz CT molecular complexity index is 1420. The van der Waals surface area contributed by atoms with Crippen molar-refractivity contribution in [1.29, 1.82) is 0 Å². The SMILES string of the molecule is COc1ccc(NC(=O)COc2ccccc2/C=C2/C(=O)NC(=O)N(c3ccc(Cl)c(Cl)c3)C2=O)cc1. The van der Waals surface area contributed by atoms with Crippen LogP contribution in [0, 0.1) is 0 Å². The number of amides is 5. The molecule has 0 radical (unpaired) electrons. The second-order valence-corrected chi connectivity index (χ2v) is 8.47. The minimum Gasteiger partial charge on any atom is -0.497 e. The second kappa shape index (κ2) is 11.2. The maximum Gasteiger partial charge on any atom is 0.335 e. The van der Waals surface area contributed by atoms with E-state index >= 15 is 0 Å². The quantitative estimate of drug-likeness (QED) is 0.332. The number of para-hydroxylation sites is 1. The van der Waals surface area contributed by atoms with Gasteiger partial charge in [0.05, 0.1) is 22.8 Å².